The molecule has 3 nitrogen and oxygen atoms in total. The van der Waals surface area contributed by atoms with Gasteiger partial charge in [-0.2, -0.15) is 11.8 Å². The third kappa shape index (κ3) is 4.33. The van der Waals surface area contributed by atoms with Crippen LogP contribution in [-0.4, -0.2) is 40.0 Å². The molecule has 0 aliphatic rings. The number of rotatable bonds is 6. The number of hydrogen-bond acceptors (Lipinski definition) is 3. The molecule has 0 saturated carbocycles. The summed E-state index contributed by atoms with van der Waals surface area (Å²) in [6, 6.07) is 0. The fourth-order valence-electron chi connectivity index (χ4n) is 1.08. The molecule has 0 unspecified atom stereocenters. The molecule has 0 spiro atoms. The second kappa shape index (κ2) is 6.05. The Labute approximate surface area is 83.9 Å². The van der Waals surface area contributed by atoms with Gasteiger partial charge in [0.15, 0.2) is 0 Å². The van der Waals surface area contributed by atoms with E-state index in [1.165, 1.54) is 11.5 Å². The topological polar surface area (TPSA) is 31.9 Å². The predicted molar refractivity (Wildman–Crippen MR) is 57.9 cm³/mol. The van der Waals surface area contributed by atoms with Gasteiger partial charge in [-0.1, -0.05) is 6.92 Å². The highest BCUT2D eigenvalue weighted by atomic mass is 32.2. The Morgan fingerprint density at radius 3 is 3.08 bits per heavy atom. The van der Waals surface area contributed by atoms with Crippen molar-refractivity contribution in [3.63, 3.8) is 0 Å². The van der Waals surface area contributed by atoms with Crippen molar-refractivity contribution in [1.82, 2.24) is 14.9 Å². The van der Waals surface area contributed by atoms with Gasteiger partial charge in [-0.05, 0) is 12.8 Å². The highest BCUT2D eigenvalue weighted by Crippen LogP contribution is 2.01. The van der Waals surface area contributed by atoms with Crippen molar-refractivity contribution in [3.8, 4) is 0 Å². The average Bonchev–Trinajstić information content (AvgIpc) is 2.57. The largest absolute Gasteiger partial charge is 0.348 e. The van der Waals surface area contributed by atoms with Crippen LogP contribution in [0.2, 0.25) is 0 Å². The normalized spacial score (nSPS) is 11.0. The van der Waals surface area contributed by atoms with Gasteiger partial charge >= 0.3 is 0 Å². The zero-order chi connectivity index (χ0) is 9.52. The van der Waals surface area contributed by atoms with Gasteiger partial charge in [0.05, 0.1) is 6.54 Å². The minimum Gasteiger partial charge on any atom is -0.348 e. The molecule has 1 aromatic heterocycles. The Balaban J connectivity index is 2.14. The van der Waals surface area contributed by atoms with E-state index in [4.69, 9.17) is 0 Å². The number of imidazole rings is 1. The van der Waals surface area contributed by atoms with E-state index in [1.54, 1.807) is 6.20 Å². The van der Waals surface area contributed by atoms with Crippen LogP contribution in [0.15, 0.2) is 12.4 Å². The van der Waals surface area contributed by atoms with Crippen molar-refractivity contribution in [2.45, 2.75) is 13.5 Å². The first-order valence-corrected chi connectivity index (χ1v) is 5.73. The first kappa shape index (κ1) is 10.6. The quantitative estimate of drug-likeness (QED) is 0.706. The molecule has 0 bridgehead atoms. The minimum absolute atomic E-state index is 0.914. The molecule has 4 heteroatoms. The summed E-state index contributed by atoms with van der Waals surface area (Å²) < 4.78 is 0. The zero-order valence-corrected chi connectivity index (χ0v) is 9.10. The lowest BCUT2D eigenvalue weighted by molar-refractivity contribution is 0.340. The molecule has 0 saturated heterocycles. The number of hydrogen-bond donors (Lipinski definition) is 1. The summed E-state index contributed by atoms with van der Waals surface area (Å²) in [5.74, 6) is 3.45. The van der Waals surface area contributed by atoms with Crippen LogP contribution in [0, 0.1) is 0 Å². The monoisotopic (exact) mass is 199 g/mol. The lowest BCUT2D eigenvalue weighted by Crippen LogP contribution is -2.21. The average molecular weight is 199 g/mol. The van der Waals surface area contributed by atoms with Gasteiger partial charge in [0.2, 0.25) is 0 Å². The maximum atomic E-state index is 4.18. The third-order valence-corrected chi connectivity index (χ3v) is 2.68. The molecule has 1 aromatic rings. The van der Waals surface area contributed by atoms with Gasteiger partial charge < -0.3 is 4.98 Å². The molecule has 0 aromatic carbocycles. The Morgan fingerprint density at radius 1 is 1.62 bits per heavy atom. The Bertz CT molecular complexity index is 211. The number of aromatic amines is 1. The van der Waals surface area contributed by atoms with Gasteiger partial charge in [0.1, 0.15) is 5.82 Å². The molecule has 0 aliphatic carbocycles. The van der Waals surface area contributed by atoms with Gasteiger partial charge in [0, 0.05) is 24.7 Å². The first-order valence-electron chi connectivity index (χ1n) is 4.57. The standard InChI is InChI=1S/C9H17N3S/c1-3-13-7-6-12(2)8-9-10-4-5-11-9/h4-5H,3,6-8H2,1-2H3,(H,10,11). The molecule has 0 atom stereocenters. The van der Waals surface area contributed by atoms with E-state index in [-0.39, 0.29) is 0 Å². The SMILES string of the molecule is CCSCCN(C)Cc1ncc[nH]1. The molecule has 13 heavy (non-hydrogen) atoms. The summed E-state index contributed by atoms with van der Waals surface area (Å²) in [5.41, 5.74) is 0. The summed E-state index contributed by atoms with van der Waals surface area (Å²) >= 11 is 1.98. The Kier molecular flexibility index (Phi) is 4.93. The molecule has 1 N–H and O–H groups in total. The van der Waals surface area contributed by atoms with E-state index in [9.17, 15) is 0 Å². The highest BCUT2D eigenvalue weighted by molar-refractivity contribution is 7.99. The van der Waals surface area contributed by atoms with Crippen LogP contribution in [-0.2, 0) is 6.54 Å². The molecule has 1 heterocycles. The van der Waals surface area contributed by atoms with Crippen molar-refractivity contribution in [2.24, 2.45) is 0 Å². The fourth-order valence-corrected chi connectivity index (χ4v) is 1.81. The van der Waals surface area contributed by atoms with Gasteiger partial charge in [-0.15, -0.1) is 0 Å². The van der Waals surface area contributed by atoms with E-state index < -0.39 is 0 Å². The van der Waals surface area contributed by atoms with Crippen LogP contribution in [0.4, 0.5) is 0 Å². The lowest BCUT2D eigenvalue weighted by atomic mass is 10.5. The molecular weight excluding hydrogens is 182 g/mol. The van der Waals surface area contributed by atoms with Crippen LogP contribution < -0.4 is 0 Å². The summed E-state index contributed by atoms with van der Waals surface area (Å²) in [6.45, 7) is 4.23. The number of thioether (sulfide) groups is 1. The number of nitrogens with one attached hydrogen (secondary N) is 1. The molecular formula is C9H17N3S. The van der Waals surface area contributed by atoms with Crippen molar-refractivity contribution < 1.29 is 0 Å². The van der Waals surface area contributed by atoms with Crippen LogP contribution >= 0.6 is 11.8 Å². The van der Waals surface area contributed by atoms with Crippen molar-refractivity contribution in [2.75, 3.05) is 25.1 Å². The van der Waals surface area contributed by atoms with Crippen LogP contribution in [0.5, 0.6) is 0 Å². The fraction of sp³-hybridized carbons (Fsp3) is 0.667. The zero-order valence-electron chi connectivity index (χ0n) is 8.29. The maximum Gasteiger partial charge on any atom is 0.120 e. The second-order valence-electron chi connectivity index (χ2n) is 2.97. The smallest absolute Gasteiger partial charge is 0.120 e. The second-order valence-corrected chi connectivity index (χ2v) is 4.36. The molecule has 0 fully saturated rings. The van der Waals surface area contributed by atoms with Crippen LogP contribution in [0.1, 0.15) is 12.7 Å². The highest BCUT2D eigenvalue weighted by Gasteiger charge is 2.00. The lowest BCUT2D eigenvalue weighted by Gasteiger charge is -2.13. The first-order chi connectivity index (χ1) is 6.33. The summed E-state index contributed by atoms with van der Waals surface area (Å²) in [5, 5.41) is 0. The van der Waals surface area contributed by atoms with E-state index >= 15 is 0 Å². The van der Waals surface area contributed by atoms with Crippen molar-refractivity contribution in [1.29, 1.82) is 0 Å². The van der Waals surface area contributed by atoms with Gasteiger partial charge in [-0.3, -0.25) is 4.90 Å². The van der Waals surface area contributed by atoms with E-state index in [2.05, 4.69) is 28.8 Å². The third-order valence-electron chi connectivity index (χ3n) is 1.80. The summed E-state index contributed by atoms with van der Waals surface area (Å²) in [6.07, 6.45) is 3.66. The Hall–Kier alpha value is -0.480. The number of H-pyrrole nitrogens is 1. The summed E-state index contributed by atoms with van der Waals surface area (Å²) in [7, 11) is 2.12. The predicted octanol–water partition coefficient (Wildman–Crippen LogP) is 1.59. The van der Waals surface area contributed by atoms with E-state index in [1.807, 2.05) is 18.0 Å². The van der Waals surface area contributed by atoms with Crippen molar-refractivity contribution in [3.05, 3.63) is 18.2 Å². The minimum atomic E-state index is 0.914. The van der Waals surface area contributed by atoms with Gasteiger partial charge in [0.25, 0.3) is 0 Å². The van der Waals surface area contributed by atoms with Crippen molar-refractivity contribution >= 4 is 11.8 Å². The van der Waals surface area contributed by atoms with E-state index in [0.29, 0.717) is 0 Å². The molecule has 74 valence electrons. The molecule has 0 aliphatic heterocycles. The van der Waals surface area contributed by atoms with E-state index in [0.717, 1.165) is 18.9 Å². The van der Waals surface area contributed by atoms with Crippen LogP contribution in [0.25, 0.3) is 0 Å². The molecule has 1 rings (SSSR count). The number of aromatic nitrogens is 2. The van der Waals surface area contributed by atoms with Gasteiger partial charge in [-0.25, -0.2) is 4.98 Å². The molecule has 0 amide bonds. The Morgan fingerprint density at radius 2 is 2.46 bits per heavy atom. The molecule has 0 radical (unpaired) electrons. The number of nitrogens with zero attached hydrogens (tertiary/aromatic N) is 2. The maximum absolute atomic E-state index is 4.18. The van der Waals surface area contributed by atoms with Crippen LogP contribution in [0.3, 0.4) is 0 Å². The summed E-state index contributed by atoms with van der Waals surface area (Å²) in [4.78, 5) is 9.56.